The number of hydrogen-bond donors (Lipinski definition) is 0. The lowest BCUT2D eigenvalue weighted by Crippen LogP contribution is -2.45. The van der Waals surface area contributed by atoms with Crippen molar-refractivity contribution in [2.45, 2.75) is 17.0 Å². The third kappa shape index (κ3) is 4.07. The molecule has 0 aromatic heterocycles. The van der Waals surface area contributed by atoms with Crippen molar-refractivity contribution in [3.8, 4) is 23.0 Å². The quantitative estimate of drug-likeness (QED) is 0.168. The van der Waals surface area contributed by atoms with Crippen LogP contribution in [-0.4, -0.2) is 31.2 Å². The van der Waals surface area contributed by atoms with E-state index in [9.17, 15) is 13.2 Å². The van der Waals surface area contributed by atoms with E-state index in [0.29, 0.717) is 62.5 Å². The van der Waals surface area contributed by atoms with Gasteiger partial charge in [-0.1, -0.05) is 84.4 Å². The molecule has 1 saturated heterocycles. The van der Waals surface area contributed by atoms with E-state index in [1.165, 1.54) is 6.07 Å². The second-order valence-corrected chi connectivity index (χ2v) is 14.1. The van der Waals surface area contributed by atoms with Crippen LogP contribution in [-0.2, 0) is 31.4 Å². The van der Waals surface area contributed by atoms with E-state index in [4.69, 9.17) is 30.5 Å². The molecule has 2 fully saturated rings. The topological polar surface area (TPSA) is 91.4 Å². The average Bonchev–Trinajstić information content (AvgIpc) is 3.98. The number of hydrogen-bond acceptors (Lipinski definition) is 7. The van der Waals surface area contributed by atoms with Gasteiger partial charge in [-0.15, -0.1) is 0 Å². The van der Waals surface area contributed by atoms with Crippen LogP contribution >= 0.6 is 11.6 Å². The van der Waals surface area contributed by atoms with Crippen molar-refractivity contribution in [3.63, 3.8) is 0 Å². The van der Waals surface area contributed by atoms with Gasteiger partial charge in [-0.05, 0) is 75.9 Å². The Balaban J connectivity index is 1.34. The molecule has 1 saturated carbocycles. The highest BCUT2D eigenvalue weighted by atomic mass is 35.5. The zero-order chi connectivity index (χ0) is 37.1. The first-order valence-corrected chi connectivity index (χ1v) is 17.4. The van der Waals surface area contributed by atoms with Crippen LogP contribution in [0.2, 0.25) is 5.02 Å². The number of ketones is 1. The molecule has 12 heteroatoms. The minimum atomic E-state index is -4.87. The van der Waals surface area contributed by atoms with Gasteiger partial charge in [-0.25, -0.2) is 4.90 Å². The van der Waals surface area contributed by atoms with Crippen molar-refractivity contribution in [3.05, 3.63) is 148 Å². The zero-order valence-electron chi connectivity index (χ0n) is 27.9. The summed E-state index contributed by atoms with van der Waals surface area (Å²) in [5, 5.41) is -0.584. The van der Waals surface area contributed by atoms with E-state index in [0.717, 1.165) is 11.0 Å². The van der Waals surface area contributed by atoms with Crippen molar-refractivity contribution in [2.24, 2.45) is 11.8 Å². The van der Waals surface area contributed by atoms with E-state index in [-0.39, 0.29) is 19.3 Å². The molecule has 5 aromatic carbocycles. The highest BCUT2D eigenvalue weighted by Crippen LogP contribution is 2.75. The fraction of sp³-hybridized carbons (Fsp3) is 0.167. The van der Waals surface area contributed by atoms with Gasteiger partial charge in [0, 0.05) is 0 Å². The molecule has 268 valence electrons. The van der Waals surface area contributed by atoms with Crippen LogP contribution in [0.3, 0.4) is 0 Å². The largest absolute Gasteiger partial charge is 0.454 e. The van der Waals surface area contributed by atoms with Crippen molar-refractivity contribution < 1.29 is 46.5 Å². The van der Waals surface area contributed by atoms with Crippen LogP contribution in [0.15, 0.2) is 115 Å². The van der Waals surface area contributed by atoms with Crippen LogP contribution in [0, 0.1) is 11.8 Å². The summed E-state index contributed by atoms with van der Waals surface area (Å²) < 4.78 is 65.5. The number of carbonyl (C=O) groups excluding carboxylic acids is 3. The van der Waals surface area contributed by atoms with Gasteiger partial charge in [-0.3, -0.25) is 14.4 Å². The first-order chi connectivity index (χ1) is 26.1. The van der Waals surface area contributed by atoms with Crippen LogP contribution in [0.1, 0.15) is 27.8 Å². The van der Waals surface area contributed by atoms with Crippen LogP contribution in [0.5, 0.6) is 23.0 Å². The minimum Gasteiger partial charge on any atom is -0.454 e. The molecule has 4 unspecified atom stereocenters. The van der Waals surface area contributed by atoms with Crippen molar-refractivity contribution >= 4 is 46.0 Å². The van der Waals surface area contributed by atoms with Gasteiger partial charge in [0.2, 0.25) is 25.4 Å². The SMILES string of the molecule is O=C1C2C(C(=O)N1c1ccc(Cl)c(C(F)(F)F)c1)C1(c3ccccc3)C(=O)C2(c2ccccc2)C(c2ccc3c(c2)OCO3)=C1c1ccc2c(c1)OCO2. The third-order valence-electron chi connectivity index (χ3n) is 11.3. The third-order valence-corrected chi connectivity index (χ3v) is 11.6. The van der Waals surface area contributed by atoms with Gasteiger partial charge in [0.15, 0.2) is 28.8 Å². The Bertz CT molecular complexity index is 2370. The monoisotopic (exact) mass is 747 g/mol. The number of alkyl halides is 3. The Labute approximate surface area is 310 Å². The molecule has 4 atom stereocenters. The summed E-state index contributed by atoms with van der Waals surface area (Å²) in [6, 6.07) is 31.0. The number of anilines is 1. The number of nitrogens with zero attached hydrogens (tertiary/aromatic N) is 1. The fourth-order valence-corrected chi connectivity index (χ4v) is 9.58. The molecular formula is C42H25ClF3NO7. The Hall–Kier alpha value is -6.07. The first kappa shape index (κ1) is 32.6. The predicted molar refractivity (Wildman–Crippen MR) is 189 cm³/mol. The maximum Gasteiger partial charge on any atom is 0.417 e. The summed E-state index contributed by atoms with van der Waals surface area (Å²) in [5.41, 5.74) is -2.27. The Morgan fingerprint density at radius 2 is 1.06 bits per heavy atom. The maximum absolute atomic E-state index is 16.2. The molecule has 3 aliphatic heterocycles. The molecule has 2 bridgehead atoms. The average molecular weight is 748 g/mol. The van der Waals surface area contributed by atoms with Crippen molar-refractivity contribution in [1.82, 2.24) is 0 Å². The molecule has 54 heavy (non-hydrogen) atoms. The van der Waals surface area contributed by atoms with Gasteiger partial charge in [0.1, 0.15) is 0 Å². The number of halogens is 4. The fourth-order valence-electron chi connectivity index (χ4n) is 9.35. The van der Waals surface area contributed by atoms with E-state index in [1.807, 2.05) is 0 Å². The summed E-state index contributed by atoms with van der Waals surface area (Å²) in [6.45, 7) is -0.0333. The second kappa shape index (κ2) is 11.2. The van der Waals surface area contributed by atoms with Gasteiger partial charge in [0.05, 0.1) is 38.9 Å². The Morgan fingerprint density at radius 1 is 0.593 bits per heavy atom. The number of carbonyl (C=O) groups is 3. The molecule has 0 N–H and O–H groups in total. The van der Waals surface area contributed by atoms with Crippen molar-refractivity contribution in [2.75, 3.05) is 18.5 Å². The summed E-state index contributed by atoms with van der Waals surface area (Å²) in [7, 11) is 0. The molecule has 8 nitrogen and oxygen atoms in total. The van der Waals surface area contributed by atoms with Crippen LogP contribution < -0.4 is 23.8 Å². The summed E-state index contributed by atoms with van der Waals surface area (Å²) in [4.78, 5) is 47.4. The number of amides is 2. The van der Waals surface area contributed by atoms with Gasteiger partial charge < -0.3 is 18.9 Å². The molecular weight excluding hydrogens is 723 g/mol. The zero-order valence-corrected chi connectivity index (χ0v) is 28.6. The number of allylic oxidation sites excluding steroid dienone is 2. The van der Waals surface area contributed by atoms with Crippen LogP contribution in [0.25, 0.3) is 11.1 Å². The molecule has 2 amide bonds. The standard InChI is InChI=1S/C42H25ClF3NO7/c43-28-14-13-26(19-27(28)42(44,45)46)47-37(48)35-36(38(47)49)41(25-9-5-2-6-10-25)34(23-12-16-30-32(18-23)54-21-52-30)33(22-11-15-29-31(17-22)53-20-51-29)40(35,39(41)50)24-7-3-1-4-8-24/h1-19,35-36H,20-21H2. The van der Waals surface area contributed by atoms with E-state index >= 15 is 14.4 Å². The maximum atomic E-state index is 16.2. The van der Waals surface area contributed by atoms with E-state index < -0.39 is 57.0 Å². The first-order valence-electron chi connectivity index (χ1n) is 17.0. The van der Waals surface area contributed by atoms with Crippen molar-refractivity contribution in [1.29, 1.82) is 0 Å². The number of imide groups is 1. The summed E-state index contributed by atoms with van der Waals surface area (Å²) >= 11 is 5.99. The molecule has 3 heterocycles. The smallest absolute Gasteiger partial charge is 0.417 e. The lowest BCUT2D eigenvalue weighted by atomic mass is 9.59. The highest BCUT2D eigenvalue weighted by molar-refractivity contribution is 6.39. The summed E-state index contributed by atoms with van der Waals surface area (Å²) in [5.74, 6) is -2.94. The van der Waals surface area contributed by atoms with Gasteiger partial charge >= 0.3 is 6.18 Å². The lowest BCUT2D eigenvalue weighted by Gasteiger charge is -2.39. The van der Waals surface area contributed by atoms with Gasteiger partial charge in [0.25, 0.3) is 0 Å². The number of benzene rings is 5. The van der Waals surface area contributed by atoms with Gasteiger partial charge in [-0.2, -0.15) is 13.2 Å². The minimum absolute atomic E-state index is 0.0167. The normalized spacial score (nSPS) is 24.9. The molecule has 5 aromatic rings. The van der Waals surface area contributed by atoms with E-state index in [2.05, 4.69) is 0 Å². The predicted octanol–water partition coefficient (Wildman–Crippen LogP) is 8.01. The highest BCUT2D eigenvalue weighted by Gasteiger charge is 2.83. The molecule has 10 rings (SSSR count). The number of fused-ring (bicyclic) bond motifs is 7. The lowest BCUT2D eigenvalue weighted by molar-refractivity contribution is -0.137. The number of ether oxygens (including phenoxy) is 4. The molecule has 5 aliphatic rings. The molecule has 2 aliphatic carbocycles. The summed E-state index contributed by atoms with van der Waals surface area (Å²) in [6.07, 6.45) is -4.87. The second-order valence-electron chi connectivity index (χ2n) is 13.7. The molecule has 0 spiro atoms. The van der Waals surface area contributed by atoms with E-state index in [1.54, 1.807) is 97.1 Å². The number of Topliss-reactive ketones (excluding diaryl/α,β-unsaturated/α-hetero) is 1. The Kier molecular flexibility index (Phi) is 6.77. The number of rotatable bonds is 5. The Morgan fingerprint density at radius 3 is 1.52 bits per heavy atom. The van der Waals surface area contributed by atoms with Crippen LogP contribution in [0.4, 0.5) is 18.9 Å². The molecule has 0 radical (unpaired) electrons.